The van der Waals surface area contributed by atoms with E-state index >= 15 is 0 Å². The van der Waals surface area contributed by atoms with Gasteiger partial charge in [0.2, 0.25) is 5.91 Å². The molecule has 1 aromatic heterocycles. The summed E-state index contributed by atoms with van der Waals surface area (Å²) in [6, 6.07) is 7.00. The maximum absolute atomic E-state index is 12.7. The number of likely N-dealkylation sites (N-methyl/N-ethyl adjacent to an activating group) is 1. The highest BCUT2D eigenvalue weighted by Crippen LogP contribution is 2.22. The minimum absolute atomic E-state index is 0.0297. The van der Waals surface area contributed by atoms with Crippen LogP contribution in [-0.2, 0) is 20.9 Å². The number of carbonyl (C=O) groups is 3. The summed E-state index contributed by atoms with van der Waals surface area (Å²) in [5.41, 5.74) is 1.04. The normalized spacial score (nSPS) is 12.0. The van der Waals surface area contributed by atoms with E-state index in [4.69, 9.17) is 4.74 Å². The number of carbonyl (C=O) groups excluding carboxylic acids is 3. The van der Waals surface area contributed by atoms with Crippen LogP contribution < -0.4 is 5.32 Å². The summed E-state index contributed by atoms with van der Waals surface area (Å²) in [6.07, 6.45) is 1.59. The third-order valence-corrected chi connectivity index (χ3v) is 4.46. The number of para-hydroxylation sites is 1. The fourth-order valence-electron chi connectivity index (χ4n) is 3.08. The average Bonchev–Trinajstić information content (AvgIpc) is 3.01. The van der Waals surface area contributed by atoms with Crippen LogP contribution in [-0.4, -0.2) is 59.9 Å². The molecule has 0 aliphatic heterocycles. The van der Waals surface area contributed by atoms with Crippen molar-refractivity contribution in [3.63, 3.8) is 0 Å². The molecule has 1 unspecified atom stereocenters. The van der Waals surface area contributed by atoms with Crippen LogP contribution in [0.1, 0.15) is 31.1 Å². The lowest BCUT2D eigenvalue weighted by Crippen LogP contribution is -2.39. The number of methoxy groups -OCH3 is 1. The maximum Gasteiger partial charge on any atom is 0.292 e. The number of fused-ring (bicyclic) bond motifs is 1. The highest BCUT2D eigenvalue weighted by atomic mass is 16.5. The molecule has 27 heavy (non-hydrogen) atoms. The first kappa shape index (κ1) is 20.6. The molecule has 0 spiro atoms. The molecule has 2 aromatic rings. The van der Waals surface area contributed by atoms with Gasteiger partial charge in [0, 0.05) is 43.3 Å². The van der Waals surface area contributed by atoms with Crippen LogP contribution in [0, 0.1) is 0 Å². The van der Waals surface area contributed by atoms with Gasteiger partial charge in [0.05, 0.1) is 12.2 Å². The summed E-state index contributed by atoms with van der Waals surface area (Å²) >= 11 is 0. The Morgan fingerprint density at radius 3 is 2.48 bits per heavy atom. The second-order valence-electron chi connectivity index (χ2n) is 6.41. The highest BCUT2D eigenvalue weighted by Gasteiger charge is 2.23. The van der Waals surface area contributed by atoms with Gasteiger partial charge in [0.1, 0.15) is 6.54 Å². The molecular formula is C20H27N3O4. The first-order valence-electron chi connectivity index (χ1n) is 9.12. The van der Waals surface area contributed by atoms with Gasteiger partial charge in [-0.3, -0.25) is 14.4 Å². The van der Waals surface area contributed by atoms with Crippen LogP contribution >= 0.6 is 0 Å². The van der Waals surface area contributed by atoms with Gasteiger partial charge in [0.15, 0.2) is 0 Å². The quantitative estimate of drug-likeness (QED) is 0.537. The summed E-state index contributed by atoms with van der Waals surface area (Å²) in [5.74, 6) is -1.33. The van der Waals surface area contributed by atoms with E-state index in [2.05, 4.69) is 5.32 Å². The molecule has 0 aliphatic carbocycles. The molecular weight excluding hydrogens is 346 g/mol. The van der Waals surface area contributed by atoms with Crippen molar-refractivity contribution in [2.24, 2.45) is 0 Å². The number of hydrogen-bond acceptors (Lipinski definition) is 4. The molecule has 2 rings (SSSR count). The molecule has 1 heterocycles. The van der Waals surface area contributed by atoms with E-state index in [1.54, 1.807) is 34.7 Å². The highest BCUT2D eigenvalue weighted by molar-refractivity contribution is 6.45. The zero-order valence-corrected chi connectivity index (χ0v) is 16.3. The molecule has 1 atom stereocenters. The largest absolute Gasteiger partial charge is 0.383 e. The Hall–Kier alpha value is -2.67. The van der Waals surface area contributed by atoms with E-state index < -0.39 is 11.7 Å². The predicted molar refractivity (Wildman–Crippen MR) is 104 cm³/mol. The molecule has 0 radical (unpaired) electrons. The van der Waals surface area contributed by atoms with Crippen molar-refractivity contribution in [2.75, 3.05) is 26.8 Å². The summed E-state index contributed by atoms with van der Waals surface area (Å²) in [4.78, 5) is 39.2. The standard InChI is InChI=1S/C20H27N3O4/c1-5-22(6-2)18(24)12-23-11-16(15-9-7-8-10-17(15)23)19(25)20(26)21-14(3)13-27-4/h7-11,14H,5-6,12-13H2,1-4H3,(H,21,26). The van der Waals surface area contributed by atoms with Gasteiger partial charge in [-0.2, -0.15) is 0 Å². The van der Waals surface area contributed by atoms with Gasteiger partial charge >= 0.3 is 0 Å². The number of aromatic nitrogens is 1. The Morgan fingerprint density at radius 2 is 1.85 bits per heavy atom. The second-order valence-corrected chi connectivity index (χ2v) is 6.41. The van der Waals surface area contributed by atoms with Crippen LogP contribution in [0.15, 0.2) is 30.5 Å². The molecule has 0 saturated carbocycles. The Bertz CT molecular complexity index is 824. The van der Waals surface area contributed by atoms with Crippen molar-refractivity contribution in [3.05, 3.63) is 36.0 Å². The molecule has 0 saturated heterocycles. The molecule has 0 bridgehead atoms. The lowest BCUT2D eigenvalue weighted by atomic mass is 10.1. The summed E-state index contributed by atoms with van der Waals surface area (Å²) in [7, 11) is 1.53. The van der Waals surface area contributed by atoms with Crippen LogP contribution in [0.4, 0.5) is 0 Å². The van der Waals surface area contributed by atoms with Crippen molar-refractivity contribution >= 4 is 28.5 Å². The Labute approximate surface area is 159 Å². The van der Waals surface area contributed by atoms with E-state index in [1.807, 2.05) is 26.0 Å². The minimum atomic E-state index is -0.683. The van der Waals surface area contributed by atoms with Crippen LogP contribution in [0.25, 0.3) is 10.9 Å². The van der Waals surface area contributed by atoms with E-state index in [0.29, 0.717) is 30.6 Å². The van der Waals surface area contributed by atoms with Crippen molar-refractivity contribution in [1.82, 2.24) is 14.8 Å². The zero-order valence-electron chi connectivity index (χ0n) is 16.3. The number of rotatable bonds is 9. The van der Waals surface area contributed by atoms with Crippen molar-refractivity contribution in [3.8, 4) is 0 Å². The predicted octanol–water partition coefficient (Wildman–Crippen LogP) is 1.84. The summed E-state index contributed by atoms with van der Waals surface area (Å²) in [5, 5.41) is 3.29. The van der Waals surface area contributed by atoms with Crippen LogP contribution in [0.5, 0.6) is 0 Å². The molecule has 7 nitrogen and oxygen atoms in total. The summed E-state index contributed by atoms with van der Waals surface area (Å²) in [6.45, 7) is 7.31. The number of amides is 2. The third kappa shape index (κ3) is 4.74. The van der Waals surface area contributed by atoms with Crippen molar-refractivity contribution in [2.45, 2.75) is 33.4 Å². The summed E-state index contributed by atoms with van der Waals surface area (Å²) < 4.78 is 6.71. The SMILES string of the molecule is CCN(CC)C(=O)Cn1cc(C(=O)C(=O)NC(C)COC)c2ccccc21. The first-order chi connectivity index (χ1) is 12.9. The Morgan fingerprint density at radius 1 is 1.19 bits per heavy atom. The van der Waals surface area contributed by atoms with Gasteiger partial charge in [-0.05, 0) is 26.8 Å². The van der Waals surface area contributed by atoms with E-state index in [1.165, 1.54) is 7.11 Å². The Kier molecular flexibility index (Phi) is 7.12. The number of nitrogens with one attached hydrogen (secondary N) is 1. The Balaban J connectivity index is 2.31. The maximum atomic E-state index is 12.7. The van der Waals surface area contributed by atoms with Crippen LogP contribution in [0.3, 0.4) is 0 Å². The second kappa shape index (κ2) is 9.32. The fraction of sp³-hybridized carbons (Fsp3) is 0.450. The molecule has 146 valence electrons. The van der Waals surface area contributed by atoms with Gasteiger partial charge in [0.25, 0.3) is 11.7 Å². The van der Waals surface area contributed by atoms with Crippen molar-refractivity contribution in [1.29, 1.82) is 0 Å². The monoisotopic (exact) mass is 373 g/mol. The van der Waals surface area contributed by atoms with E-state index in [-0.39, 0.29) is 18.5 Å². The van der Waals surface area contributed by atoms with Gasteiger partial charge in [-0.1, -0.05) is 18.2 Å². The zero-order chi connectivity index (χ0) is 20.0. The average molecular weight is 373 g/mol. The smallest absolute Gasteiger partial charge is 0.292 e. The van der Waals surface area contributed by atoms with E-state index in [0.717, 1.165) is 5.52 Å². The lowest BCUT2D eigenvalue weighted by molar-refractivity contribution is -0.131. The van der Waals surface area contributed by atoms with Gasteiger partial charge in [-0.25, -0.2) is 0 Å². The molecule has 7 heteroatoms. The molecule has 1 N–H and O–H groups in total. The van der Waals surface area contributed by atoms with Crippen molar-refractivity contribution < 1.29 is 19.1 Å². The minimum Gasteiger partial charge on any atom is -0.383 e. The topological polar surface area (TPSA) is 80.6 Å². The van der Waals surface area contributed by atoms with E-state index in [9.17, 15) is 14.4 Å². The molecule has 0 fully saturated rings. The third-order valence-electron chi connectivity index (χ3n) is 4.46. The van der Waals surface area contributed by atoms with Gasteiger partial charge in [-0.15, -0.1) is 0 Å². The number of ketones is 1. The first-order valence-corrected chi connectivity index (χ1v) is 9.12. The fourth-order valence-corrected chi connectivity index (χ4v) is 3.08. The number of hydrogen-bond donors (Lipinski definition) is 1. The number of nitrogens with zero attached hydrogens (tertiary/aromatic N) is 2. The molecule has 2 amide bonds. The molecule has 0 aliphatic rings. The molecule has 1 aromatic carbocycles. The van der Waals surface area contributed by atoms with Crippen LogP contribution in [0.2, 0.25) is 0 Å². The lowest BCUT2D eigenvalue weighted by Gasteiger charge is -2.19. The van der Waals surface area contributed by atoms with Gasteiger partial charge < -0.3 is 19.5 Å². The number of benzene rings is 1. The number of ether oxygens (including phenoxy) is 1. The number of Topliss-reactive ketones (excluding diaryl/α,β-unsaturated/α-hetero) is 1.